The van der Waals surface area contributed by atoms with Crippen molar-refractivity contribution in [2.75, 3.05) is 39.8 Å². The summed E-state index contributed by atoms with van der Waals surface area (Å²) in [7, 11) is 4.74. The molecule has 0 saturated carbocycles. The van der Waals surface area contributed by atoms with E-state index in [0.29, 0.717) is 48.1 Å². The average molecular weight is 413 g/mol. The van der Waals surface area contributed by atoms with Crippen LogP contribution in [0.15, 0.2) is 18.3 Å². The van der Waals surface area contributed by atoms with Gasteiger partial charge in [-0.05, 0) is 42.9 Å². The van der Waals surface area contributed by atoms with Crippen LogP contribution in [0.3, 0.4) is 0 Å². The molecule has 8 heteroatoms. The molecule has 4 rings (SSSR count). The first-order chi connectivity index (χ1) is 14.6. The third-order valence-electron chi connectivity index (χ3n) is 5.71. The lowest BCUT2D eigenvalue weighted by Gasteiger charge is -2.25. The zero-order chi connectivity index (χ0) is 21.1. The lowest BCUT2D eigenvalue weighted by molar-refractivity contribution is 0.0962. The molecule has 2 heterocycles. The van der Waals surface area contributed by atoms with Crippen LogP contribution < -0.4 is 19.5 Å². The Morgan fingerprint density at radius 3 is 2.53 bits per heavy atom. The fourth-order valence-corrected chi connectivity index (χ4v) is 4.11. The van der Waals surface area contributed by atoms with E-state index >= 15 is 0 Å². The number of rotatable bonds is 7. The summed E-state index contributed by atoms with van der Waals surface area (Å²) in [6, 6.07) is 3.81. The van der Waals surface area contributed by atoms with Crippen LogP contribution >= 0.6 is 0 Å². The molecular weight excluding hydrogens is 386 g/mol. The normalized spacial score (nSPS) is 20.6. The molecule has 0 unspecified atom stereocenters. The van der Waals surface area contributed by atoms with E-state index < -0.39 is 0 Å². The summed E-state index contributed by atoms with van der Waals surface area (Å²) >= 11 is 0. The molecule has 1 saturated heterocycles. The zero-order valence-electron chi connectivity index (χ0n) is 17.6. The minimum Gasteiger partial charge on any atom is -0.493 e. The summed E-state index contributed by atoms with van der Waals surface area (Å²) in [5.41, 5.74) is 2.31. The Hall–Kier alpha value is -2.87. The Labute approximate surface area is 175 Å². The Balaban J connectivity index is 1.57. The number of carbonyl (C=O) groups is 1. The molecule has 1 aromatic heterocycles. The molecule has 1 fully saturated rings. The van der Waals surface area contributed by atoms with E-state index in [1.165, 1.54) is 0 Å². The van der Waals surface area contributed by atoms with Gasteiger partial charge >= 0.3 is 0 Å². The summed E-state index contributed by atoms with van der Waals surface area (Å²) in [5, 5.41) is 3.24. The highest BCUT2D eigenvalue weighted by Gasteiger charge is 2.30. The minimum atomic E-state index is -0.0281. The van der Waals surface area contributed by atoms with Crippen molar-refractivity contribution in [2.24, 2.45) is 0 Å². The number of methoxy groups -OCH3 is 3. The number of benzene rings is 1. The predicted octanol–water partition coefficient (Wildman–Crippen LogP) is 3.01. The number of nitrogens with one attached hydrogen (secondary N) is 1. The SMILES string of the molecule is COc1cc([C@@H]2CC(=O)c3cnc(NC[C@H]4CCCO4)nc3C2)cc(OC)c1OC. The predicted molar refractivity (Wildman–Crippen MR) is 111 cm³/mol. The van der Waals surface area contributed by atoms with Gasteiger partial charge in [-0.15, -0.1) is 0 Å². The number of hydrogen-bond donors (Lipinski definition) is 1. The number of ether oxygens (including phenoxy) is 4. The number of aromatic nitrogens is 2. The maximum atomic E-state index is 12.8. The molecule has 8 nitrogen and oxygen atoms in total. The summed E-state index contributed by atoms with van der Waals surface area (Å²) in [4.78, 5) is 21.7. The van der Waals surface area contributed by atoms with Crippen molar-refractivity contribution in [2.45, 2.75) is 37.7 Å². The molecule has 0 amide bonds. The maximum absolute atomic E-state index is 12.8. The first-order valence-electron chi connectivity index (χ1n) is 10.2. The highest BCUT2D eigenvalue weighted by molar-refractivity contribution is 5.98. The standard InChI is InChI=1S/C22H27N3O5/c1-27-19-9-14(10-20(28-2)21(19)29-3)13-7-17-16(18(26)8-13)12-24-22(25-17)23-11-15-5-4-6-30-15/h9-10,12-13,15H,4-8,11H2,1-3H3,(H,23,24,25)/t13-,15+/m0/s1. The second-order valence-electron chi connectivity index (χ2n) is 7.56. The number of hydrogen-bond acceptors (Lipinski definition) is 8. The van der Waals surface area contributed by atoms with Crippen LogP contribution in [-0.4, -0.2) is 56.3 Å². The number of carbonyl (C=O) groups excluding carboxylic acids is 1. The van der Waals surface area contributed by atoms with E-state index in [2.05, 4.69) is 15.3 Å². The molecule has 2 aromatic rings. The third kappa shape index (κ3) is 4.05. The molecule has 1 aromatic carbocycles. The average Bonchev–Trinajstić information content (AvgIpc) is 3.30. The van der Waals surface area contributed by atoms with Crippen molar-refractivity contribution < 1.29 is 23.7 Å². The zero-order valence-corrected chi connectivity index (χ0v) is 17.6. The number of anilines is 1. The number of ketones is 1. The number of nitrogens with zero attached hydrogens (tertiary/aromatic N) is 2. The third-order valence-corrected chi connectivity index (χ3v) is 5.71. The lowest BCUT2D eigenvalue weighted by atomic mass is 9.82. The summed E-state index contributed by atoms with van der Waals surface area (Å²) < 4.78 is 22.0. The van der Waals surface area contributed by atoms with Gasteiger partial charge in [0.15, 0.2) is 17.3 Å². The van der Waals surface area contributed by atoms with Crippen LogP contribution in [-0.2, 0) is 11.2 Å². The topological polar surface area (TPSA) is 91.8 Å². The van der Waals surface area contributed by atoms with Crippen molar-refractivity contribution >= 4 is 11.7 Å². The van der Waals surface area contributed by atoms with E-state index in [0.717, 1.165) is 30.7 Å². The van der Waals surface area contributed by atoms with E-state index in [1.807, 2.05) is 12.1 Å². The molecule has 0 spiro atoms. The van der Waals surface area contributed by atoms with Gasteiger partial charge in [-0.3, -0.25) is 4.79 Å². The second kappa shape index (κ2) is 8.87. The van der Waals surface area contributed by atoms with Gasteiger partial charge in [-0.2, -0.15) is 0 Å². The molecule has 0 radical (unpaired) electrons. The monoisotopic (exact) mass is 413 g/mol. The molecule has 1 N–H and O–H groups in total. The Kier molecular flexibility index (Phi) is 6.03. The van der Waals surface area contributed by atoms with Gasteiger partial charge in [0.05, 0.1) is 38.7 Å². The molecule has 1 aliphatic heterocycles. The van der Waals surface area contributed by atoms with E-state index in [9.17, 15) is 4.79 Å². The van der Waals surface area contributed by atoms with E-state index in [-0.39, 0.29) is 17.8 Å². The van der Waals surface area contributed by atoms with Gasteiger partial charge in [0.1, 0.15) is 0 Å². The first kappa shape index (κ1) is 20.4. The Morgan fingerprint density at radius 1 is 1.13 bits per heavy atom. The van der Waals surface area contributed by atoms with Gasteiger partial charge in [0, 0.05) is 25.8 Å². The lowest BCUT2D eigenvalue weighted by Crippen LogP contribution is -2.23. The molecule has 1 aliphatic carbocycles. The minimum absolute atomic E-state index is 0.0281. The van der Waals surface area contributed by atoms with Gasteiger partial charge < -0.3 is 24.3 Å². The molecule has 2 atom stereocenters. The summed E-state index contributed by atoms with van der Waals surface area (Å²) in [6.07, 6.45) is 4.97. The fourth-order valence-electron chi connectivity index (χ4n) is 4.11. The number of fused-ring (bicyclic) bond motifs is 1. The quantitative estimate of drug-likeness (QED) is 0.741. The fraction of sp³-hybridized carbons (Fsp3) is 0.500. The Morgan fingerprint density at radius 2 is 1.90 bits per heavy atom. The van der Waals surface area contributed by atoms with Gasteiger partial charge in [-0.25, -0.2) is 9.97 Å². The maximum Gasteiger partial charge on any atom is 0.222 e. The van der Waals surface area contributed by atoms with Crippen molar-refractivity contribution in [3.8, 4) is 17.2 Å². The van der Waals surface area contributed by atoms with Crippen molar-refractivity contribution in [1.29, 1.82) is 0 Å². The van der Waals surface area contributed by atoms with Gasteiger partial charge in [0.25, 0.3) is 0 Å². The van der Waals surface area contributed by atoms with Crippen molar-refractivity contribution in [3.63, 3.8) is 0 Å². The first-order valence-corrected chi connectivity index (χ1v) is 10.2. The van der Waals surface area contributed by atoms with Gasteiger partial charge in [0.2, 0.25) is 11.7 Å². The van der Waals surface area contributed by atoms with Crippen LogP contribution in [0.25, 0.3) is 0 Å². The highest BCUT2D eigenvalue weighted by Crippen LogP contribution is 2.42. The van der Waals surface area contributed by atoms with Crippen molar-refractivity contribution in [1.82, 2.24) is 9.97 Å². The number of Topliss-reactive ketones (excluding diaryl/α,β-unsaturated/α-hetero) is 1. The molecule has 2 aliphatic rings. The van der Waals surface area contributed by atoms with Crippen LogP contribution in [0.4, 0.5) is 5.95 Å². The van der Waals surface area contributed by atoms with Crippen LogP contribution in [0.5, 0.6) is 17.2 Å². The Bertz CT molecular complexity index is 902. The largest absolute Gasteiger partial charge is 0.493 e. The summed E-state index contributed by atoms with van der Waals surface area (Å²) in [6.45, 7) is 1.48. The van der Waals surface area contributed by atoms with E-state index in [1.54, 1.807) is 27.5 Å². The second-order valence-corrected chi connectivity index (χ2v) is 7.56. The smallest absolute Gasteiger partial charge is 0.222 e. The van der Waals surface area contributed by atoms with E-state index in [4.69, 9.17) is 18.9 Å². The van der Waals surface area contributed by atoms with Crippen LogP contribution in [0, 0.1) is 0 Å². The van der Waals surface area contributed by atoms with Gasteiger partial charge in [-0.1, -0.05) is 0 Å². The van der Waals surface area contributed by atoms with Crippen LogP contribution in [0.2, 0.25) is 0 Å². The molecule has 0 bridgehead atoms. The molecule has 160 valence electrons. The summed E-state index contributed by atoms with van der Waals surface area (Å²) in [5.74, 6) is 2.23. The molecular formula is C22H27N3O5. The van der Waals surface area contributed by atoms with Crippen LogP contribution in [0.1, 0.15) is 46.8 Å². The highest BCUT2D eigenvalue weighted by atomic mass is 16.5. The van der Waals surface area contributed by atoms with Crippen molar-refractivity contribution in [3.05, 3.63) is 35.2 Å². The molecule has 30 heavy (non-hydrogen) atoms.